The molecule has 2 saturated heterocycles. The molecule has 366 valence electrons. The average Bonchev–Trinajstić information content (AvgIpc) is 3.97. The maximum absolute atomic E-state index is 15.5. The maximum atomic E-state index is 15.5. The molecule has 1 saturated carbocycles. The fourth-order valence-electron chi connectivity index (χ4n) is 14.4. The Bertz CT molecular complexity index is 2490. The van der Waals surface area contributed by atoms with Crippen LogP contribution < -0.4 is 15.0 Å². The van der Waals surface area contributed by atoms with Crippen LogP contribution in [0, 0.1) is 17.3 Å². The number of likely N-dealkylation sites (N-methyl/N-ethyl adjacent to an activating group) is 1. The average molecular weight is 946 g/mol. The summed E-state index contributed by atoms with van der Waals surface area (Å²) in [5.74, 6) is -2.61. The third-order valence-corrected chi connectivity index (χ3v) is 19.7. The van der Waals surface area contributed by atoms with E-state index in [4.69, 9.17) is 18.5 Å². The van der Waals surface area contributed by atoms with Crippen LogP contribution in [-0.2, 0) is 45.2 Å². The molecular formula is C51H72N5O10P. The molecular weight excluding hydrogens is 874 g/mol. The second-order valence-electron chi connectivity index (χ2n) is 20.7. The fourth-order valence-corrected chi connectivity index (χ4v) is 16.6. The van der Waals surface area contributed by atoms with Crippen LogP contribution in [0.15, 0.2) is 48.6 Å². The molecule has 0 radical (unpaired) electrons. The van der Waals surface area contributed by atoms with Crippen LogP contribution in [0.5, 0.6) is 5.75 Å². The van der Waals surface area contributed by atoms with Crippen molar-refractivity contribution in [3.63, 3.8) is 0 Å². The first-order valence-electron chi connectivity index (χ1n) is 24.5. The Morgan fingerprint density at radius 3 is 2.37 bits per heavy atom. The SMILES string of the molecule is CCOP(=O)(OCC)C(NC(=O)[C@@]1(O)C(O)[C@]2(CC)C=CCN3CC[C@@]4(c5cc([C@@]6(C(=O)OC)CC7CN(CCc8c6[nH]c6ccccc86)C[C@](O)(CC)C7)c(OC)cc5N(C)C14)C32)C(C)C. The highest BCUT2D eigenvalue weighted by Gasteiger charge is 2.79. The maximum Gasteiger partial charge on any atom is 0.352 e. The molecule has 5 N–H and O–H groups in total. The number of aliphatic hydroxyl groups excluding tert-OH is 1. The van der Waals surface area contributed by atoms with Gasteiger partial charge in [0.2, 0.25) is 0 Å². The lowest BCUT2D eigenvalue weighted by Crippen LogP contribution is -2.82. The van der Waals surface area contributed by atoms with Crippen LogP contribution in [0.4, 0.5) is 5.69 Å². The number of para-hydroxylation sites is 1. The van der Waals surface area contributed by atoms with Crippen molar-refractivity contribution in [2.24, 2.45) is 17.3 Å². The number of anilines is 1. The van der Waals surface area contributed by atoms with Gasteiger partial charge in [0.05, 0.1) is 39.1 Å². The van der Waals surface area contributed by atoms with Crippen molar-refractivity contribution >= 4 is 36.1 Å². The smallest absolute Gasteiger partial charge is 0.352 e. The highest BCUT2D eigenvalue weighted by atomic mass is 31.2. The molecule has 1 aromatic heterocycles. The number of aromatic nitrogens is 1. The van der Waals surface area contributed by atoms with Gasteiger partial charge in [0, 0.05) is 84.0 Å². The number of carbonyl (C=O) groups is 2. The van der Waals surface area contributed by atoms with Gasteiger partial charge in [-0.2, -0.15) is 0 Å². The fraction of sp³-hybridized carbons (Fsp3) is 0.647. The predicted octanol–water partition coefficient (Wildman–Crippen LogP) is 5.61. The van der Waals surface area contributed by atoms with Crippen LogP contribution in [-0.4, -0.2) is 144 Å². The van der Waals surface area contributed by atoms with E-state index in [1.54, 1.807) is 21.0 Å². The molecule has 9 rings (SSSR count). The first-order chi connectivity index (χ1) is 31.9. The van der Waals surface area contributed by atoms with Gasteiger partial charge in [0.15, 0.2) is 5.60 Å². The molecule has 5 aliphatic heterocycles. The second kappa shape index (κ2) is 17.3. The molecule has 6 unspecified atom stereocenters. The van der Waals surface area contributed by atoms with E-state index in [-0.39, 0.29) is 25.2 Å². The minimum atomic E-state index is -3.97. The monoisotopic (exact) mass is 946 g/mol. The number of hydrogen-bond acceptors (Lipinski definition) is 13. The second-order valence-corrected chi connectivity index (χ2v) is 22.8. The van der Waals surface area contributed by atoms with Crippen LogP contribution in [0.25, 0.3) is 10.9 Å². The lowest BCUT2D eigenvalue weighted by atomic mass is 9.47. The van der Waals surface area contributed by atoms with Crippen molar-refractivity contribution in [3.05, 3.63) is 70.9 Å². The minimum absolute atomic E-state index is 0.0734. The summed E-state index contributed by atoms with van der Waals surface area (Å²) in [6.45, 7) is 14.4. The molecule has 6 heterocycles. The number of aliphatic hydroxyl groups is 3. The van der Waals surface area contributed by atoms with Gasteiger partial charge in [-0.3, -0.25) is 24.0 Å². The normalized spacial score (nSPS) is 34.9. The first-order valence-corrected chi connectivity index (χ1v) is 26.2. The van der Waals surface area contributed by atoms with Gasteiger partial charge in [-0.05, 0) is 94.0 Å². The van der Waals surface area contributed by atoms with E-state index in [0.29, 0.717) is 88.2 Å². The van der Waals surface area contributed by atoms with Crippen molar-refractivity contribution in [1.82, 2.24) is 20.1 Å². The van der Waals surface area contributed by atoms with Gasteiger partial charge in [-0.1, -0.05) is 58.0 Å². The van der Waals surface area contributed by atoms with E-state index < -0.39 is 70.8 Å². The topological polar surface area (TPSA) is 186 Å². The Balaban J connectivity index is 1.31. The van der Waals surface area contributed by atoms with Crippen LogP contribution in [0.3, 0.4) is 0 Å². The number of piperidine rings is 1. The summed E-state index contributed by atoms with van der Waals surface area (Å²) >= 11 is 0. The Hall–Kier alpha value is -3.79. The number of ether oxygens (including phenoxy) is 2. The molecule has 6 aliphatic rings. The number of methoxy groups -OCH3 is 2. The summed E-state index contributed by atoms with van der Waals surface area (Å²) < 4.78 is 38.5. The van der Waals surface area contributed by atoms with Crippen molar-refractivity contribution in [3.8, 4) is 5.75 Å². The lowest BCUT2D eigenvalue weighted by Gasteiger charge is -2.63. The summed E-state index contributed by atoms with van der Waals surface area (Å²) in [6.07, 6.45) is 5.32. The van der Waals surface area contributed by atoms with E-state index >= 15 is 9.59 Å². The number of rotatable bonds is 13. The van der Waals surface area contributed by atoms with E-state index in [0.717, 1.165) is 27.7 Å². The largest absolute Gasteiger partial charge is 0.496 e. The zero-order valence-corrected chi connectivity index (χ0v) is 41.7. The third kappa shape index (κ3) is 6.79. The van der Waals surface area contributed by atoms with Gasteiger partial charge < -0.3 is 49.0 Å². The molecule has 11 atom stereocenters. The summed E-state index contributed by atoms with van der Waals surface area (Å²) in [6, 6.07) is 10.7. The predicted molar refractivity (Wildman–Crippen MR) is 256 cm³/mol. The van der Waals surface area contributed by atoms with Gasteiger partial charge in [0.1, 0.15) is 23.1 Å². The highest BCUT2D eigenvalue weighted by Crippen LogP contribution is 2.68. The number of aromatic amines is 1. The number of amides is 1. The lowest BCUT2D eigenvalue weighted by molar-refractivity contribution is -0.203. The summed E-state index contributed by atoms with van der Waals surface area (Å²) in [4.78, 5) is 41.4. The number of fused-ring (bicyclic) bond motifs is 6. The Kier molecular flexibility index (Phi) is 12.4. The minimum Gasteiger partial charge on any atom is -0.496 e. The zero-order chi connectivity index (χ0) is 48.1. The molecule has 1 aliphatic carbocycles. The van der Waals surface area contributed by atoms with Gasteiger partial charge in [-0.25, -0.2) is 0 Å². The third-order valence-electron chi connectivity index (χ3n) is 17.1. The molecule has 67 heavy (non-hydrogen) atoms. The van der Waals surface area contributed by atoms with Crippen molar-refractivity contribution in [2.45, 2.75) is 126 Å². The first kappa shape index (κ1) is 48.2. The standard InChI is InChI=1S/C51H72N5O10P/c1-10-47(60)27-32-28-50(46(59)64-9,40-34(19-23-55(29-32)30-47)33-17-14-15-18-37(33)52-40)36-25-35-38(26-39(36)63-8)54(7)43-49(35)21-24-56-22-16-20-48(11-2,42(49)56)44(57)51(43,61)45(58)53-41(31(5)6)67(62,65-12-3)66-13-4/h14-18,20,25-26,31-32,41-44,52,57,60-61H,10-13,19,21-24,27-30H2,1-9H3,(H,53,58)/t32?,41?,42?,43?,44?,47-,48+,49+,50-,51-/m0/s1. The van der Waals surface area contributed by atoms with E-state index in [2.05, 4.69) is 32.2 Å². The molecule has 3 aromatic rings. The van der Waals surface area contributed by atoms with E-state index in [9.17, 15) is 19.9 Å². The van der Waals surface area contributed by atoms with E-state index in [1.165, 1.54) is 7.11 Å². The number of nitrogens with zero attached hydrogens (tertiary/aromatic N) is 3. The molecule has 15 nitrogen and oxygen atoms in total. The van der Waals surface area contributed by atoms with Gasteiger partial charge in [-0.15, -0.1) is 0 Å². The zero-order valence-electron chi connectivity index (χ0n) is 40.8. The van der Waals surface area contributed by atoms with E-state index in [1.807, 2.05) is 76.1 Å². The Labute approximate surface area is 395 Å². The molecule has 3 fully saturated rings. The number of benzene rings is 2. The molecule has 1 spiro atoms. The van der Waals surface area contributed by atoms with Gasteiger partial charge >= 0.3 is 13.6 Å². The Morgan fingerprint density at radius 2 is 1.72 bits per heavy atom. The van der Waals surface area contributed by atoms with Crippen LogP contribution in [0.2, 0.25) is 0 Å². The summed E-state index contributed by atoms with van der Waals surface area (Å²) in [5, 5.41) is 42.9. The summed E-state index contributed by atoms with van der Waals surface area (Å²) in [5.41, 5.74) is -2.27. The van der Waals surface area contributed by atoms with Crippen molar-refractivity contribution < 1.29 is 48.0 Å². The van der Waals surface area contributed by atoms with Crippen LogP contribution in [0.1, 0.15) is 96.0 Å². The molecule has 16 heteroatoms. The van der Waals surface area contributed by atoms with Gasteiger partial charge in [0.25, 0.3) is 5.91 Å². The number of H-pyrrole nitrogens is 1. The highest BCUT2D eigenvalue weighted by molar-refractivity contribution is 7.54. The quantitative estimate of drug-likeness (QED) is 0.0810. The number of carbonyl (C=O) groups excluding carboxylic acids is 2. The number of esters is 1. The molecule has 1 amide bonds. The Morgan fingerprint density at radius 1 is 0.985 bits per heavy atom. The summed E-state index contributed by atoms with van der Waals surface area (Å²) in [7, 11) is 0.898. The number of hydrogen-bond donors (Lipinski definition) is 5. The molecule has 2 bridgehead atoms. The molecule has 2 aromatic carbocycles. The van der Waals surface area contributed by atoms with Crippen molar-refractivity contribution in [1.29, 1.82) is 0 Å². The van der Waals surface area contributed by atoms with Crippen LogP contribution >= 0.6 is 7.60 Å². The number of nitrogens with one attached hydrogen (secondary N) is 2. The van der Waals surface area contributed by atoms with Crippen molar-refractivity contribution in [2.75, 3.05) is 72.1 Å².